The Morgan fingerprint density at radius 3 is 2.48 bits per heavy atom. The van der Waals surface area contributed by atoms with Crippen LogP contribution in [0.1, 0.15) is 18.1 Å². The Bertz CT molecular complexity index is 1090. The summed E-state index contributed by atoms with van der Waals surface area (Å²) in [5.41, 5.74) is 1.28. The van der Waals surface area contributed by atoms with Gasteiger partial charge in [0, 0.05) is 18.8 Å². The summed E-state index contributed by atoms with van der Waals surface area (Å²) in [6.07, 6.45) is 1.51. The minimum absolute atomic E-state index is 0.0299. The van der Waals surface area contributed by atoms with Crippen molar-refractivity contribution in [3.8, 4) is 17.4 Å². The fraction of sp³-hybridized carbons (Fsp3) is 0.190. The van der Waals surface area contributed by atoms with Gasteiger partial charge in [-0.15, -0.1) is 0 Å². The van der Waals surface area contributed by atoms with Crippen molar-refractivity contribution in [3.05, 3.63) is 77.7 Å². The highest BCUT2D eigenvalue weighted by Gasteiger charge is 2.19. The molecular formula is C21H21FN2O4S. The van der Waals surface area contributed by atoms with Crippen LogP contribution < -0.4 is 14.2 Å². The topological polar surface area (TPSA) is 77.5 Å². The molecule has 0 radical (unpaired) electrons. The number of halogens is 1. The van der Waals surface area contributed by atoms with Gasteiger partial charge in [-0.25, -0.2) is 22.5 Å². The van der Waals surface area contributed by atoms with Crippen molar-refractivity contribution in [2.45, 2.75) is 25.3 Å². The number of hydrogen-bond acceptors (Lipinski definition) is 5. The van der Waals surface area contributed by atoms with Gasteiger partial charge in [0.25, 0.3) is 0 Å². The second-order valence-electron chi connectivity index (χ2n) is 6.27. The Balaban J connectivity index is 1.69. The molecule has 0 aliphatic heterocycles. The molecule has 0 saturated carbocycles. The van der Waals surface area contributed by atoms with E-state index in [1.807, 2.05) is 6.92 Å². The lowest BCUT2D eigenvalue weighted by Crippen LogP contribution is -2.24. The van der Waals surface area contributed by atoms with Crippen molar-refractivity contribution in [1.82, 2.24) is 9.71 Å². The van der Waals surface area contributed by atoms with E-state index in [1.54, 1.807) is 43.3 Å². The predicted octanol–water partition coefficient (Wildman–Crippen LogP) is 4.20. The van der Waals surface area contributed by atoms with Crippen molar-refractivity contribution in [3.63, 3.8) is 0 Å². The normalized spacial score (nSPS) is 11.3. The molecule has 3 rings (SSSR count). The Morgan fingerprint density at radius 2 is 1.76 bits per heavy atom. The molecule has 29 heavy (non-hydrogen) atoms. The third-order valence-corrected chi connectivity index (χ3v) is 5.42. The van der Waals surface area contributed by atoms with E-state index in [0.717, 1.165) is 11.8 Å². The number of nitrogens with one attached hydrogen (secondary N) is 1. The number of hydrogen-bond donors (Lipinski definition) is 1. The maximum Gasteiger partial charge on any atom is 0.243 e. The lowest BCUT2D eigenvalue weighted by Gasteiger charge is -2.10. The smallest absolute Gasteiger partial charge is 0.243 e. The van der Waals surface area contributed by atoms with Gasteiger partial charge in [0.1, 0.15) is 22.2 Å². The van der Waals surface area contributed by atoms with Gasteiger partial charge < -0.3 is 9.47 Å². The van der Waals surface area contributed by atoms with E-state index in [2.05, 4.69) is 9.71 Å². The van der Waals surface area contributed by atoms with Crippen molar-refractivity contribution >= 4 is 10.0 Å². The molecule has 6 nitrogen and oxygen atoms in total. The molecule has 1 aromatic heterocycles. The van der Waals surface area contributed by atoms with Gasteiger partial charge in [-0.05, 0) is 67.4 Å². The first-order valence-corrected chi connectivity index (χ1v) is 10.5. The van der Waals surface area contributed by atoms with Crippen LogP contribution in [0.3, 0.4) is 0 Å². The third kappa shape index (κ3) is 5.52. The fourth-order valence-corrected chi connectivity index (χ4v) is 3.76. The van der Waals surface area contributed by atoms with Crippen LogP contribution >= 0.6 is 0 Å². The second-order valence-corrected chi connectivity index (χ2v) is 8.00. The highest BCUT2D eigenvalue weighted by Crippen LogP contribution is 2.23. The molecule has 0 bridgehead atoms. The molecule has 3 aromatic rings. The molecule has 0 spiro atoms. The fourth-order valence-electron chi connectivity index (χ4n) is 2.58. The number of nitrogens with zero attached hydrogens (tertiary/aromatic N) is 1. The van der Waals surface area contributed by atoms with Gasteiger partial charge in [0.15, 0.2) is 0 Å². The molecule has 8 heteroatoms. The predicted molar refractivity (Wildman–Crippen MR) is 107 cm³/mol. The minimum Gasteiger partial charge on any atom is -0.494 e. The molecule has 0 fully saturated rings. The van der Waals surface area contributed by atoms with Gasteiger partial charge in [0.05, 0.1) is 6.61 Å². The Hall–Kier alpha value is -2.97. The molecule has 0 aliphatic carbocycles. The van der Waals surface area contributed by atoms with Crippen molar-refractivity contribution in [2.75, 3.05) is 6.61 Å². The van der Waals surface area contributed by atoms with E-state index < -0.39 is 15.8 Å². The summed E-state index contributed by atoms with van der Waals surface area (Å²) >= 11 is 0. The number of aryl methyl sites for hydroxylation is 1. The molecule has 0 atom stereocenters. The van der Waals surface area contributed by atoms with Gasteiger partial charge in [-0.2, -0.15) is 0 Å². The van der Waals surface area contributed by atoms with Crippen LogP contribution in [-0.4, -0.2) is 20.0 Å². The molecule has 152 valence electrons. The van der Waals surface area contributed by atoms with Crippen molar-refractivity contribution < 1.29 is 22.3 Å². The second kappa shape index (κ2) is 9.02. The minimum atomic E-state index is -3.99. The number of benzene rings is 2. The number of pyridine rings is 1. The van der Waals surface area contributed by atoms with Gasteiger partial charge in [-0.1, -0.05) is 6.07 Å². The van der Waals surface area contributed by atoms with E-state index in [0.29, 0.717) is 29.4 Å². The lowest BCUT2D eigenvalue weighted by atomic mass is 10.2. The quantitative estimate of drug-likeness (QED) is 0.596. The first-order chi connectivity index (χ1) is 13.9. The average molecular weight is 416 g/mol. The Kier molecular flexibility index (Phi) is 6.46. The first kappa shape index (κ1) is 20.8. The van der Waals surface area contributed by atoms with Crippen molar-refractivity contribution in [1.29, 1.82) is 0 Å². The van der Waals surface area contributed by atoms with Crippen LogP contribution in [0.5, 0.6) is 17.4 Å². The Morgan fingerprint density at radius 1 is 1.03 bits per heavy atom. The van der Waals surface area contributed by atoms with Gasteiger partial charge in [-0.3, -0.25) is 0 Å². The molecular weight excluding hydrogens is 395 g/mol. The zero-order valence-electron chi connectivity index (χ0n) is 16.1. The summed E-state index contributed by atoms with van der Waals surface area (Å²) in [4.78, 5) is 3.75. The molecule has 0 amide bonds. The van der Waals surface area contributed by atoms with E-state index in [1.165, 1.54) is 18.3 Å². The SMILES string of the molecule is CCOc1ccc(Oc2cc(CNS(=O)(=O)c3cc(C)ccc3F)ccn2)cc1. The molecule has 2 aromatic carbocycles. The van der Waals surface area contributed by atoms with Gasteiger partial charge >= 0.3 is 0 Å². The van der Waals surface area contributed by atoms with E-state index in [-0.39, 0.29) is 11.4 Å². The summed E-state index contributed by atoms with van der Waals surface area (Å²) in [6, 6.07) is 14.3. The van der Waals surface area contributed by atoms with Crippen LogP contribution in [0.4, 0.5) is 4.39 Å². The summed E-state index contributed by atoms with van der Waals surface area (Å²) in [6.45, 7) is 4.15. The number of aromatic nitrogens is 1. The van der Waals surface area contributed by atoms with Crippen LogP contribution in [-0.2, 0) is 16.6 Å². The van der Waals surface area contributed by atoms with E-state index >= 15 is 0 Å². The highest BCUT2D eigenvalue weighted by atomic mass is 32.2. The van der Waals surface area contributed by atoms with Gasteiger partial charge in [0.2, 0.25) is 15.9 Å². The summed E-state index contributed by atoms with van der Waals surface area (Å²) in [7, 11) is -3.99. The van der Waals surface area contributed by atoms with Crippen LogP contribution in [0.25, 0.3) is 0 Å². The summed E-state index contributed by atoms with van der Waals surface area (Å²) in [5.74, 6) is 0.824. The zero-order valence-corrected chi connectivity index (χ0v) is 16.9. The molecule has 1 heterocycles. The molecule has 0 unspecified atom stereocenters. The van der Waals surface area contributed by atoms with Crippen LogP contribution in [0.15, 0.2) is 65.7 Å². The molecule has 0 saturated heterocycles. The zero-order chi connectivity index (χ0) is 20.9. The Labute approximate surface area is 169 Å². The largest absolute Gasteiger partial charge is 0.494 e. The monoisotopic (exact) mass is 416 g/mol. The van der Waals surface area contributed by atoms with Crippen molar-refractivity contribution in [2.24, 2.45) is 0 Å². The number of sulfonamides is 1. The van der Waals surface area contributed by atoms with E-state index in [9.17, 15) is 12.8 Å². The lowest BCUT2D eigenvalue weighted by molar-refractivity contribution is 0.339. The van der Waals surface area contributed by atoms with Crippen LogP contribution in [0.2, 0.25) is 0 Å². The first-order valence-electron chi connectivity index (χ1n) is 8.99. The maximum atomic E-state index is 13.9. The highest BCUT2D eigenvalue weighted by molar-refractivity contribution is 7.89. The maximum absolute atomic E-state index is 13.9. The summed E-state index contributed by atoms with van der Waals surface area (Å²) < 4.78 is 52.3. The standard InChI is InChI=1S/C21H21FN2O4S/c1-3-27-17-5-7-18(8-6-17)28-21-13-16(10-11-23-21)14-24-29(25,26)20-12-15(2)4-9-19(20)22/h4-13,24H,3,14H2,1-2H3. The van der Waals surface area contributed by atoms with Crippen LogP contribution in [0, 0.1) is 12.7 Å². The molecule has 0 aliphatic rings. The van der Waals surface area contributed by atoms with E-state index in [4.69, 9.17) is 9.47 Å². The third-order valence-electron chi connectivity index (χ3n) is 4.00. The summed E-state index contributed by atoms with van der Waals surface area (Å²) in [5, 5.41) is 0. The molecule has 1 N–H and O–H groups in total. The number of ether oxygens (including phenoxy) is 2. The average Bonchev–Trinajstić information content (AvgIpc) is 2.70. The number of rotatable bonds is 8.